The largest absolute Gasteiger partial charge is 0.366 e. The van der Waals surface area contributed by atoms with E-state index in [-0.39, 0.29) is 5.54 Å². The second kappa shape index (κ2) is 6.15. The summed E-state index contributed by atoms with van der Waals surface area (Å²) in [6, 6.07) is 6.77. The monoisotopic (exact) mass is 317 g/mol. The number of thiocarbonyl (C=S) groups is 1. The van der Waals surface area contributed by atoms with Gasteiger partial charge in [-0.05, 0) is 57.3 Å². The maximum atomic E-state index is 11.0. The van der Waals surface area contributed by atoms with Crippen molar-refractivity contribution < 1.29 is 4.79 Å². The first kappa shape index (κ1) is 16.0. The van der Waals surface area contributed by atoms with E-state index >= 15 is 0 Å². The van der Waals surface area contributed by atoms with E-state index < -0.39 is 5.91 Å². The molecular formula is C15H19N5OS. The summed E-state index contributed by atoms with van der Waals surface area (Å²) >= 11 is 5.28. The minimum atomic E-state index is -0.459. The summed E-state index contributed by atoms with van der Waals surface area (Å²) < 4.78 is 2.00. The molecule has 22 heavy (non-hydrogen) atoms. The highest BCUT2D eigenvalue weighted by Crippen LogP contribution is 2.19. The zero-order chi connectivity index (χ0) is 16.3. The minimum Gasteiger partial charge on any atom is -0.366 e. The Morgan fingerprint density at radius 3 is 2.41 bits per heavy atom. The summed E-state index contributed by atoms with van der Waals surface area (Å²) in [5, 5.41) is 6.52. The molecular weight excluding hydrogens is 298 g/mol. The van der Waals surface area contributed by atoms with E-state index in [2.05, 4.69) is 36.4 Å². The van der Waals surface area contributed by atoms with Gasteiger partial charge in [0.15, 0.2) is 5.11 Å². The molecule has 4 N–H and O–H groups in total. The molecule has 0 aliphatic rings. The summed E-state index contributed by atoms with van der Waals surface area (Å²) in [4.78, 5) is 15.3. The lowest BCUT2D eigenvalue weighted by atomic mass is 10.1. The molecule has 1 heterocycles. The van der Waals surface area contributed by atoms with Crippen LogP contribution in [-0.2, 0) is 5.54 Å². The molecule has 2 rings (SSSR count). The van der Waals surface area contributed by atoms with Crippen LogP contribution in [0.25, 0.3) is 0 Å². The van der Waals surface area contributed by atoms with Gasteiger partial charge in [-0.3, -0.25) is 4.79 Å². The number of imidazole rings is 1. The topological polar surface area (TPSA) is 85.0 Å². The molecule has 0 fully saturated rings. The van der Waals surface area contributed by atoms with E-state index in [1.165, 1.54) is 0 Å². The number of hydrogen-bond donors (Lipinski definition) is 3. The van der Waals surface area contributed by atoms with Crippen molar-refractivity contribution in [2.45, 2.75) is 26.3 Å². The first-order valence-electron chi connectivity index (χ1n) is 6.79. The molecule has 0 radical (unpaired) electrons. The normalized spacial score (nSPS) is 11.0. The average Bonchev–Trinajstić information content (AvgIpc) is 2.87. The number of rotatable bonds is 3. The third-order valence-corrected chi connectivity index (χ3v) is 3.22. The van der Waals surface area contributed by atoms with Crippen LogP contribution in [0.2, 0.25) is 0 Å². The van der Waals surface area contributed by atoms with Crippen molar-refractivity contribution in [3.05, 3.63) is 42.2 Å². The Morgan fingerprint density at radius 2 is 1.86 bits per heavy atom. The van der Waals surface area contributed by atoms with Gasteiger partial charge < -0.3 is 20.9 Å². The maximum Gasteiger partial charge on any atom is 0.248 e. The fraction of sp³-hybridized carbons (Fsp3) is 0.267. The summed E-state index contributed by atoms with van der Waals surface area (Å²) in [6.45, 7) is 6.25. The number of nitrogens with one attached hydrogen (secondary N) is 2. The molecule has 2 aromatic rings. The molecule has 0 aliphatic carbocycles. The summed E-state index contributed by atoms with van der Waals surface area (Å²) in [5.41, 5.74) is 6.32. The van der Waals surface area contributed by atoms with E-state index in [0.717, 1.165) is 5.69 Å². The zero-order valence-electron chi connectivity index (χ0n) is 12.8. The van der Waals surface area contributed by atoms with Crippen LogP contribution in [0.15, 0.2) is 36.7 Å². The number of carbonyl (C=O) groups is 1. The molecule has 1 aromatic carbocycles. The van der Waals surface area contributed by atoms with Crippen LogP contribution in [0.1, 0.15) is 31.1 Å². The molecule has 1 aromatic heterocycles. The van der Waals surface area contributed by atoms with Gasteiger partial charge in [0.05, 0.1) is 0 Å². The Bertz CT molecular complexity index is 685. The molecule has 0 bridgehead atoms. The van der Waals surface area contributed by atoms with E-state index in [0.29, 0.717) is 16.6 Å². The molecule has 0 atom stereocenters. The minimum absolute atomic E-state index is 0.0996. The number of nitrogens with zero attached hydrogens (tertiary/aromatic N) is 2. The Balaban J connectivity index is 2.05. The number of anilines is 2. The lowest BCUT2D eigenvalue weighted by Gasteiger charge is -2.23. The van der Waals surface area contributed by atoms with Gasteiger partial charge in [-0.2, -0.15) is 0 Å². The molecule has 1 amide bonds. The number of benzene rings is 1. The number of primary amides is 1. The molecule has 116 valence electrons. The van der Waals surface area contributed by atoms with E-state index in [1.807, 2.05) is 10.8 Å². The SMILES string of the molecule is CC(C)(C)n1ccnc1NC(=S)Nc1ccc(C(N)=O)cc1. The predicted octanol–water partition coefficient (Wildman–Crippen LogP) is 2.55. The number of aromatic nitrogens is 2. The van der Waals surface area contributed by atoms with Crippen molar-refractivity contribution >= 4 is 34.9 Å². The van der Waals surface area contributed by atoms with E-state index in [9.17, 15) is 4.79 Å². The van der Waals surface area contributed by atoms with Crippen LogP contribution in [0.3, 0.4) is 0 Å². The highest BCUT2D eigenvalue weighted by molar-refractivity contribution is 7.80. The van der Waals surface area contributed by atoms with Gasteiger partial charge >= 0.3 is 0 Å². The number of hydrogen-bond acceptors (Lipinski definition) is 3. The number of nitrogens with two attached hydrogens (primary N) is 1. The molecule has 6 nitrogen and oxygen atoms in total. The second-order valence-electron chi connectivity index (χ2n) is 5.81. The van der Waals surface area contributed by atoms with Crippen molar-refractivity contribution in [3.8, 4) is 0 Å². The third kappa shape index (κ3) is 3.82. The molecule has 0 saturated carbocycles. The zero-order valence-corrected chi connectivity index (χ0v) is 13.6. The highest BCUT2D eigenvalue weighted by atomic mass is 32.1. The van der Waals surface area contributed by atoms with Gasteiger partial charge in [0.25, 0.3) is 0 Å². The number of carbonyl (C=O) groups excluding carboxylic acids is 1. The Labute approximate surface area is 134 Å². The molecule has 0 saturated heterocycles. The smallest absolute Gasteiger partial charge is 0.248 e. The molecule has 0 spiro atoms. The second-order valence-corrected chi connectivity index (χ2v) is 6.22. The van der Waals surface area contributed by atoms with Gasteiger partial charge in [0.2, 0.25) is 11.9 Å². The standard InChI is InChI=1S/C15H19N5OS/c1-15(2,3)20-9-8-17-13(20)19-14(22)18-11-6-4-10(5-7-11)12(16)21/h4-9H,1-3H3,(H2,16,21)(H2,17,18,19,22). The Hall–Kier alpha value is -2.41. The lowest BCUT2D eigenvalue weighted by molar-refractivity contribution is 0.100. The van der Waals surface area contributed by atoms with Gasteiger partial charge in [0.1, 0.15) is 0 Å². The quantitative estimate of drug-likeness (QED) is 0.758. The maximum absolute atomic E-state index is 11.0. The summed E-state index contributed by atoms with van der Waals surface area (Å²) in [5.74, 6) is 0.207. The van der Waals surface area contributed by atoms with Crippen LogP contribution in [-0.4, -0.2) is 20.6 Å². The predicted molar refractivity (Wildman–Crippen MR) is 92.0 cm³/mol. The van der Waals surface area contributed by atoms with Crippen molar-refractivity contribution in [1.29, 1.82) is 0 Å². The molecule has 7 heteroatoms. The van der Waals surface area contributed by atoms with Gasteiger partial charge in [-0.15, -0.1) is 0 Å². The first-order valence-corrected chi connectivity index (χ1v) is 7.20. The van der Waals surface area contributed by atoms with Crippen LogP contribution < -0.4 is 16.4 Å². The van der Waals surface area contributed by atoms with E-state index in [1.54, 1.807) is 30.5 Å². The summed E-state index contributed by atoms with van der Waals surface area (Å²) in [7, 11) is 0. The van der Waals surface area contributed by atoms with Crippen LogP contribution >= 0.6 is 12.2 Å². The Kier molecular flexibility index (Phi) is 4.46. The number of amides is 1. The third-order valence-electron chi connectivity index (χ3n) is 3.02. The van der Waals surface area contributed by atoms with Crippen molar-refractivity contribution in [2.24, 2.45) is 5.73 Å². The van der Waals surface area contributed by atoms with Crippen LogP contribution in [0, 0.1) is 0 Å². The van der Waals surface area contributed by atoms with Gasteiger partial charge in [0, 0.05) is 29.2 Å². The van der Waals surface area contributed by atoms with Gasteiger partial charge in [-0.1, -0.05) is 0 Å². The van der Waals surface area contributed by atoms with Crippen molar-refractivity contribution in [3.63, 3.8) is 0 Å². The van der Waals surface area contributed by atoms with Crippen LogP contribution in [0.5, 0.6) is 0 Å². The van der Waals surface area contributed by atoms with Crippen LogP contribution in [0.4, 0.5) is 11.6 Å². The highest BCUT2D eigenvalue weighted by Gasteiger charge is 2.17. The fourth-order valence-electron chi connectivity index (χ4n) is 1.92. The fourth-order valence-corrected chi connectivity index (χ4v) is 2.13. The molecule has 0 aliphatic heterocycles. The summed E-state index contributed by atoms with van der Waals surface area (Å²) in [6.07, 6.45) is 3.62. The van der Waals surface area contributed by atoms with Crippen molar-refractivity contribution in [1.82, 2.24) is 9.55 Å². The van der Waals surface area contributed by atoms with E-state index in [4.69, 9.17) is 18.0 Å². The lowest BCUT2D eigenvalue weighted by Crippen LogP contribution is -2.27. The van der Waals surface area contributed by atoms with Gasteiger partial charge in [-0.25, -0.2) is 4.98 Å². The average molecular weight is 317 g/mol. The molecule has 0 unspecified atom stereocenters. The van der Waals surface area contributed by atoms with Crippen molar-refractivity contribution in [2.75, 3.05) is 10.6 Å². The Morgan fingerprint density at radius 1 is 1.23 bits per heavy atom. The first-order chi connectivity index (χ1) is 10.3.